The van der Waals surface area contributed by atoms with Crippen molar-refractivity contribution in [2.24, 2.45) is 5.73 Å². The van der Waals surface area contributed by atoms with Crippen molar-refractivity contribution in [2.75, 3.05) is 0 Å². The third kappa shape index (κ3) is 3.63. The summed E-state index contributed by atoms with van der Waals surface area (Å²) in [6.45, 7) is 0.611. The molecule has 2 N–H and O–H groups in total. The van der Waals surface area contributed by atoms with Crippen LogP contribution in [0.5, 0.6) is 0 Å². The highest BCUT2D eigenvalue weighted by atomic mass is 35.5. The highest BCUT2D eigenvalue weighted by molar-refractivity contribution is 7.09. The number of hydrogen-bond donors (Lipinski definition) is 1. The molecule has 0 radical (unpaired) electrons. The SMILES string of the molecule is Cl.NCc1nc(C(=O)N(Cc2ccccc2F)C2CC2)cs1. The van der Waals surface area contributed by atoms with Crippen LogP contribution in [0.15, 0.2) is 29.6 Å². The largest absolute Gasteiger partial charge is 0.330 e. The lowest BCUT2D eigenvalue weighted by Gasteiger charge is -2.21. The van der Waals surface area contributed by atoms with Crippen molar-refractivity contribution < 1.29 is 9.18 Å². The van der Waals surface area contributed by atoms with Crippen molar-refractivity contribution in [2.45, 2.75) is 32.0 Å². The van der Waals surface area contributed by atoms with Crippen LogP contribution in [0, 0.1) is 5.82 Å². The second-order valence-corrected chi connectivity index (χ2v) is 6.03. The quantitative estimate of drug-likeness (QED) is 0.909. The zero-order chi connectivity index (χ0) is 14.8. The van der Waals surface area contributed by atoms with Crippen molar-refractivity contribution in [1.29, 1.82) is 0 Å². The van der Waals surface area contributed by atoms with Crippen molar-refractivity contribution in [3.8, 4) is 0 Å². The third-order valence-corrected chi connectivity index (χ3v) is 4.36. The van der Waals surface area contributed by atoms with E-state index in [9.17, 15) is 9.18 Å². The highest BCUT2D eigenvalue weighted by Gasteiger charge is 2.34. The summed E-state index contributed by atoms with van der Waals surface area (Å²) < 4.78 is 13.8. The molecule has 0 aliphatic heterocycles. The van der Waals surface area contributed by atoms with Crippen LogP contribution in [0.3, 0.4) is 0 Å². The standard InChI is InChI=1S/C15H16FN3OS.ClH/c16-12-4-2-1-3-10(12)8-19(11-5-6-11)15(20)13-9-21-14(7-17)18-13;/h1-4,9,11H,5-8,17H2;1H. The van der Waals surface area contributed by atoms with Gasteiger partial charge in [0, 0.05) is 30.1 Å². The Morgan fingerprint density at radius 3 is 2.73 bits per heavy atom. The summed E-state index contributed by atoms with van der Waals surface area (Å²) in [7, 11) is 0. The van der Waals surface area contributed by atoms with Crippen LogP contribution < -0.4 is 5.73 Å². The second-order valence-electron chi connectivity index (χ2n) is 5.09. The summed E-state index contributed by atoms with van der Waals surface area (Å²) in [5, 5.41) is 2.46. The van der Waals surface area contributed by atoms with Gasteiger partial charge in [0.25, 0.3) is 5.91 Å². The van der Waals surface area contributed by atoms with Crippen molar-refractivity contribution in [3.05, 3.63) is 51.7 Å². The van der Waals surface area contributed by atoms with E-state index in [1.165, 1.54) is 17.4 Å². The molecule has 2 aromatic rings. The van der Waals surface area contributed by atoms with E-state index < -0.39 is 0 Å². The van der Waals surface area contributed by atoms with Crippen LogP contribution in [0.1, 0.15) is 33.9 Å². The minimum absolute atomic E-state index is 0. The maximum Gasteiger partial charge on any atom is 0.273 e. The highest BCUT2D eigenvalue weighted by Crippen LogP contribution is 2.30. The van der Waals surface area contributed by atoms with E-state index in [1.54, 1.807) is 28.5 Å². The summed E-state index contributed by atoms with van der Waals surface area (Å²) in [4.78, 5) is 18.5. The van der Waals surface area contributed by atoms with E-state index >= 15 is 0 Å². The number of carbonyl (C=O) groups excluding carboxylic acids is 1. The van der Waals surface area contributed by atoms with E-state index in [1.807, 2.05) is 0 Å². The van der Waals surface area contributed by atoms with Crippen LogP contribution in [0.4, 0.5) is 4.39 Å². The topological polar surface area (TPSA) is 59.2 Å². The monoisotopic (exact) mass is 341 g/mol. The van der Waals surface area contributed by atoms with Crippen molar-refractivity contribution in [1.82, 2.24) is 9.88 Å². The number of amides is 1. The molecule has 1 amide bonds. The Hall–Kier alpha value is -1.50. The lowest BCUT2D eigenvalue weighted by atomic mass is 10.2. The van der Waals surface area contributed by atoms with Gasteiger partial charge in [0.05, 0.1) is 0 Å². The lowest BCUT2D eigenvalue weighted by molar-refractivity contribution is 0.0723. The molecule has 0 bridgehead atoms. The number of carbonyl (C=O) groups is 1. The van der Waals surface area contributed by atoms with Gasteiger partial charge in [0.15, 0.2) is 0 Å². The number of thiazole rings is 1. The van der Waals surface area contributed by atoms with Gasteiger partial charge in [0.2, 0.25) is 0 Å². The number of nitrogens with two attached hydrogens (primary N) is 1. The van der Waals surface area contributed by atoms with Gasteiger partial charge in [-0.1, -0.05) is 18.2 Å². The van der Waals surface area contributed by atoms with Crippen LogP contribution in [0.25, 0.3) is 0 Å². The van der Waals surface area contributed by atoms with Gasteiger partial charge in [-0.2, -0.15) is 0 Å². The molecule has 1 saturated carbocycles. The average molecular weight is 342 g/mol. The number of benzene rings is 1. The van der Waals surface area contributed by atoms with Gasteiger partial charge in [-0.3, -0.25) is 4.79 Å². The molecular weight excluding hydrogens is 325 g/mol. The molecule has 0 unspecified atom stereocenters. The average Bonchev–Trinajstić information content (AvgIpc) is 3.22. The van der Waals surface area contributed by atoms with Crippen LogP contribution >= 0.6 is 23.7 Å². The maximum atomic E-state index is 13.8. The van der Waals surface area contributed by atoms with Gasteiger partial charge < -0.3 is 10.6 Å². The first-order valence-electron chi connectivity index (χ1n) is 6.88. The second kappa shape index (κ2) is 7.17. The van der Waals surface area contributed by atoms with Crippen LogP contribution in [-0.2, 0) is 13.1 Å². The van der Waals surface area contributed by atoms with E-state index in [0.29, 0.717) is 17.8 Å². The molecule has 0 saturated heterocycles. The molecule has 7 heteroatoms. The molecule has 0 atom stereocenters. The zero-order valence-corrected chi connectivity index (χ0v) is 13.5. The molecule has 0 spiro atoms. The number of rotatable bonds is 5. The molecule has 1 aromatic carbocycles. The number of aromatic nitrogens is 1. The summed E-state index contributed by atoms with van der Waals surface area (Å²) in [5.41, 5.74) is 6.47. The van der Waals surface area contributed by atoms with Crippen molar-refractivity contribution >= 4 is 29.7 Å². The van der Waals surface area contributed by atoms with E-state index in [0.717, 1.165) is 17.8 Å². The smallest absolute Gasteiger partial charge is 0.273 e. The molecule has 1 aromatic heterocycles. The van der Waals surface area contributed by atoms with Crippen LogP contribution in [0.2, 0.25) is 0 Å². The van der Waals surface area contributed by atoms with Crippen molar-refractivity contribution in [3.63, 3.8) is 0 Å². The summed E-state index contributed by atoms with van der Waals surface area (Å²) in [5.74, 6) is -0.423. The van der Waals surface area contributed by atoms with Gasteiger partial charge in [-0.25, -0.2) is 9.37 Å². The summed E-state index contributed by atoms with van der Waals surface area (Å²) in [6.07, 6.45) is 1.93. The Bertz CT molecular complexity index is 660. The Labute approximate surface area is 138 Å². The van der Waals surface area contributed by atoms with Gasteiger partial charge in [-0.05, 0) is 18.9 Å². The summed E-state index contributed by atoms with van der Waals surface area (Å²) in [6, 6.07) is 6.75. The molecule has 118 valence electrons. The number of hydrogen-bond acceptors (Lipinski definition) is 4. The van der Waals surface area contributed by atoms with Gasteiger partial charge in [0.1, 0.15) is 16.5 Å². The van der Waals surface area contributed by atoms with E-state index in [2.05, 4.69) is 4.98 Å². The summed E-state index contributed by atoms with van der Waals surface area (Å²) >= 11 is 1.38. The van der Waals surface area contributed by atoms with Gasteiger partial charge in [-0.15, -0.1) is 23.7 Å². The minimum Gasteiger partial charge on any atom is -0.330 e. The normalized spacial score (nSPS) is 13.5. The molecule has 4 nitrogen and oxygen atoms in total. The fourth-order valence-electron chi connectivity index (χ4n) is 2.21. The van der Waals surface area contributed by atoms with E-state index in [4.69, 9.17) is 5.73 Å². The molecule has 1 fully saturated rings. The Morgan fingerprint density at radius 2 is 2.14 bits per heavy atom. The Morgan fingerprint density at radius 1 is 1.41 bits per heavy atom. The fourth-order valence-corrected chi connectivity index (χ4v) is 2.86. The molecule has 1 aliphatic carbocycles. The maximum absolute atomic E-state index is 13.8. The zero-order valence-electron chi connectivity index (χ0n) is 11.9. The number of nitrogens with zero attached hydrogens (tertiary/aromatic N) is 2. The predicted octanol–water partition coefficient (Wildman–Crippen LogP) is 2.97. The van der Waals surface area contributed by atoms with E-state index in [-0.39, 0.29) is 36.7 Å². The third-order valence-electron chi connectivity index (χ3n) is 3.49. The molecule has 22 heavy (non-hydrogen) atoms. The Kier molecular flexibility index (Phi) is 5.50. The molecular formula is C15H17ClFN3OS. The van der Waals surface area contributed by atoms with Gasteiger partial charge >= 0.3 is 0 Å². The predicted molar refractivity (Wildman–Crippen MR) is 86.5 cm³/mol. The number of halogens is 2. The first-order valence-corrected chi connectivity index (χ1v) is 7.76. The first kappa shape index (κ1) is 16.9. The first-order chi connectivity index (χ1) is 10.2. The minimum atomic E-state index is -0.281. The molecule has 1 heterocycles. The molecule has 1 aliphatic rings. The molecule has 3 rings (SSSR count). The fraction of sp³-hybridized carbons (Fsp3) is 0.333. The van der Waals surface area contributed by atoms with Crippen LogP contribution in [-0.4, -0.2) is 21.8 Å². The Balaban J connectivity index is 0.00000176. The lowest BCUT2D eigenvalue weighted by Crippen LogP contribution is -2.33.